The predicted molar refractivity (Wildman–Crippen MR) is 43.9 cm³/mol. The van der Waals surface area contributed by atoms with Gasteiger partial charge in [0, 0.05) is 0 Å². The standard InChI is InChI=1S/C8H13NO4/c1-8(2,3)13-7(11)9-5-4-6(10)12-5/h5H,4H2,1-3H3,(H,9,11). The molecule has 0 aromatic rings. The first-order valence-electron chi connectivity index (χ1n) is 4.06. The maximum absolute atomic E-state index is 11.0. The monoisotopic (exact) mass is 187 g/mol. The number of nitrogens with one attached hydrogen (secondary N) is 1. The molecule has 1 heterocycles. The zero-order valence-corrected chi connectivity index (χ0v) is 7.92. The number of alkyl carbamates (subject to hydrolysis) is 1. The van der Waals surface area contributed by atoms with Crippen molar-refractivity contribution in [3.05, 3.63) is 0 Å². The zero-order chi connectivity index (χ0) is 10.1. The molecule has 5 nitrogen and oxygen atoms in total. The molecule has 1 atom stereocenters. The molecular formula is C8H13NO4. The summed E-state index contributed by atoms with van der Waals surface area (Å²) in [6.07, 6.45) is -0.855. The summed E-state index contributed by atoms with van der Waals surface area (Å²) in [5, 5.41) is 2.40. The van der Waals surface area contributed by atoms with E-state index in [9.17, 15) is 9.59 Å². The molecule has 1 unspecified atom stereocenters. The van der Waals surface area contributed by atoms with Gasteiger partial charge in [-0.1, -0.05) is 0 Å². The van der Waals surface area contributed by atoms with Crippen LogP contribution in [0.3, 0.4) is 0 Å². The van der Waals surface area contributed by atoms with Crippen molar-refractivity contribution in [2.75, 3.05) is 0 Å². The highest BCUT2D eigenvalue weighted by molar-refractivity contribution is 5.77. The summed E-state index contributed by atoms with van der Waals surface area (Å²) in [6, 6.07) is 0. The molecule has 0 bridgehead atoms. The fraction of sp³-hybridized carbons (Fsp3) is 0.750. The molecule has 0 aliphatic carbocycles. The van der Waals surface area contributed by atoms with Crippen molar-refractivity contribution in [2.24, 2.45) is 0 Å². The van der Waals surface area contributed by atoms with Crippen molar-refractivity contribution in [2.45, 2.75) is 39.0 Å². The molecule has 1 aliphatic heterocycles. The average molecular weight is 187 g/mol. The topological polar surface area (TPSA) is 64.6 Å². The van der Waals surface area contributed by atoms with Crippen LogP contribution in [0.4, 0.5) is 4.79 Å². The number of amides is 1. The van der Waals surface area contributed by atoms with Crippen LogP contribution in [0.2, 0.25) is 0 Å². The predicted octanol–water partition coefficient (Wildman–Crippen LogP) is 0.784. The van der Waals surface area contributed by atoms with Gasteiger partial charge >= 0.3 is 12.1 Å². The third kappa shape index (κ3) is 3.31. The van der Waals surface area contributed by atoms with Gasteiger partial charge in [0.1, 0.15) is 12.0 Å². The second-order valence-corrected chi connectivity index (χ2v) is 3.83. The van der Waals surface area contributed by atoms with Crippen molar-refractivity contribution in [1.29, 1.82) is 0 Å². The molecule has 1 fully saturated rings. The van der Waals surface area contributed by atoms with Gasteiger partial charge in [-0.05, 0) is 20.8 Å². The molecule has 1 aliphatic rings. The summed E-state index contributed by atoms with van der Waals surface area (Å²) in [5.74, 6) is -0.305. The van der Waals surface area contributed by atoms with Crippen LogP contribution in [-0.2, 0) is 14.3 Å². The van der Waals surface area contributed by atoms with E-state index in [4.69, 9.17) is 4.74 Å². The summed E-state index contributed by atoms with van der Waals surface area (Å²) >= 11 is 0. The quantitative estimate of drug-likeness (QED) is 0.616. The molecule has 13 heavy (non-hydrogen) atoms. The first-order valence-corrected chi connectivity index (χ1v) is 4.06. The summed E-state index contributed by atoms with van der Waals surface area (Å²) < 4.78 is 9.51. The maximum atomic E-state index is 11.0. The van der Waals surface area contributed by atoms with E-state index in [1.807, 2.05) is 0 Å². The van der Waals surface area contributed by atoms with Crippen LogP contribution in [0.15, 0.2) is 0 Å². The van der Waals surface area contributed by atoms with Crippen LogP contribution in [-0.4, -0.2) is 23.9 Å². The smallest absolute Gasteiger partial charge is 0.410 e. The van der Waals surface area contributed by atoms with E-state index in [1.165, 1.54) is 0 Å². The third-order valence-electron chi connectivity index (χ3n) is 1.30. The minimum absolute atomic E-state index is 0.221. The molecule has 1 saturated heterocycles. The lowest BCUT2D eigenvalue weighted by Gasteiger charge is -2.27. The molecule has 1 rings (SSSR count). The van der Waals surface area contributed by atoms with Crippen LogP contribution in [0.5, 0.6) is 0 Å². The van der Waals surface area contributed by atoms with Crippen LogP contribution < -0.4 is 5.32 Å². The Labute approximate surface area is 76.4 Å². The largest absolute Gasteiger partial charge is 0.444 e. The van der Waals surface area contributed by atoms with Gasteiger partial charge in [0.05, 0.1) is 0 Å². The van der Waals surface area contributed by atoms with Crippen LogP contribution >= 0.6 is 0 Å². The summed E-state index contributed by atoms with van der Waals surface area (Å²) in [7, 11) is 0. The minimum atomic E-state index is -0.565. The molecule has 1 N–H and O–H groups in total. The van der Waals surface area contributed by atoms with Gasteiger partial charge in [0.25, 0.3) is 0 Å². The number of carbonyl (C=O) groups is 2. The third-order valence-corrected chi connectivity index (χ3v) is 1.30. The molecule has 0 spiro atoms. The van der Waals surface area contributed by atoms with Gasteiger partial charge in [-0.2, -0.15) is 0 Å². The fourth-order valence-electron chi connectivity index (χ4n) is 0.820. The Morgan fingerprint density at radius 2 is 2.15 bits per heavy atom. The Bertz CT molecular complexity index is 223. The fourth-order valence-corrected chi connectivity index (χ4v) is 0.820. The van der Waals surface area contributed by atoms with Gasteiger partial charge in [0.15, 0.2) is 6.23 Å². The second kappa shape index (κ2) is 3.24. The summed E-state index contributed by atoms with van der Waals surface area (Å²) in [4.78, 5) is 21.4. The Kier molecular flexibility index (Phi) is 2.45. The summed E-state index contributed by atoms with van der Waals surface area (Å²) in [5.41, 5.74) is -0.530. The van der Waals surface area contributed by atoms with Gasteiger partial charge in [-0.15, -0.1) is 0 Å². The first-order chi connectivity index (χ1) is 5.87. The van der Waals surface area contributed by atoms with Crippen LogP contribution in [0.25, 0.3) is 0 Å². The lowest BCUT2D eigenvalue weighted by Crippen LogP contribution is -2.48. The Morgan fingerprint density at radius 1 is 1.62 bits per heavy atom. The van der Waals surface area contributed by atoms with Crippen molar-refractivity contribution in [1.82, 2.24) is 5.32 Å². The number of carbonyl (C=O) groups excluding carboxylic acids is 2. The normalized spacial score (nSPS) is 21.5. The molecule has 74 valence electrons. The van der Waals surface area contributed by atoms with E-state index in [1.54, 1.807) is 20.8 Å². The maximum Gasteiger partial charge on any atom is 0.410 e. The van der Waals surface area contributed by atoms with Crippen molar-refractivity contribution in [3.63, 3.8) is 0 Å². The van der Waals surface area contributed by atoms with E-state index in [0.29, 0.717) is 0 Å². The number of esters is 1. The molecule has 5 heteroatoms. The number of ether oxygens (including phenoxy) is 2. The number of rotatable bonds is 1. The molecule has 0 aromatic heterocycles. The van der Waals surface area contributed by atoms with Gasteiger partial charge < -0.3 is 9.47 Å². The minimum Gasteiger partial charge on any atom is -0.444 e. The first kappa shape index (κ1) is 9.83. The Balaban J connectivity index is 2.22. The average Bonchev–Trinajstić information content (AvgIpc) is 1.79. The van der Waals surface area contributed by atoms with Crippen LogP contribution in [0, 0.1) is 0 Å². The van der Waals surface area contributed by atoms with Crippen molar-refractivity contribution < 1.29 is 19.1 Å². The van der Waals surface area contributed by atoms with Crippen molar-refractivity contribution >= 4 is 12.1 Å². The van der Waals surface area contributed by atoms with Gasteiger partial charge in [0.2, 0.25) is 0 Å². The number of cyclic esters (lactones) is 1. The van der Waals surface area contributed by atoms with E-state index in [-0.39, 0.29) is 12.4 Å². The highest BCUT2D eigenvalue weighted by Gasteiger charge is 2.31. The second-order valence-electron chi connectivity index (χ2n) is 3.83. The zero-order valence-electron chi connectivity index (χ0n) is 7.92. The van der Waals surface area contributed by atoms with Crippen molar-refractivity contribution in [3.8, 4) is 0 Å². The molecular weight excluding hydrogens is 174 g/mol. The highest BCUT2D eigenvalue weighted by Crippen LogP contribution is 2.12. The number of hydrogen-bond donors (Lipinski definition) is 1. The Hall–Kier alpha value is -1.26. The lowest BCUT2D eigenvalue weighted by atomic mass is 10.2. The van der Waals surface area contributed by atoms with E-state index in [0.717, 1.165) is 0 Å². The van der Waals surface area contributed by atoms with E-state index < -0.39 is 17.9 Å². The van der Waals surface area contributed by atoms with E-state index >= 15 is 0 Å². The lowest BCUT2D eigenvalue weighted by molar-refractivity contribution is -0.171. The molecule has 0 aromatic carbocycles. The Morgan fingerprint density at radius 3 is 2.54 bits per heavy atom. The molecule has 0 saturated carbocycles. The SMILES string of the molecule is CC(C)(C)OC(=O)NC1CC(=O)O1. The highest BCUT2D eigenvalue weighted by atomic mass is 16.6. The number of hydrogen-bond acceptors (Lipinski definition) is 4. The molecule has 1 amide bonds. The van der Waals surface area contributed by atoms with Crippen LogP contribution in [0.1, 0.15) is 27.2 Å². The van der Waals surface area contributed by atoms with Gasteiger partial charge in [-0.3, -0.25) is 10.1 Å². The van der Waals surface area contributed by atoms with Gasteiger partial charge in [-0.25, -0.2) is 4.79 Å². The molecule has 0 radical (unpaired) electrons. The van der Waals surface area contributed by atoms with E-state index in [2.05, 4.69) is 10.1 Å². The summed E-state index contributed by atoms with van der Waals surface area (Å²) in [6.45, 7) is 5.29.